The smallest absolute Gasteiger partial charge is 0.352 e. The Hall–Kier alpha value is -2.11. The number of benzene rings is 1. The summed E-state index contributed by atoms with van der Waals surface area (Å²) in [5.41, 5.74) is 0.170. The van der Waals surface area contributed by atoms with Crippen LogP contribution in [0.5, 0.6) is 5.75 Å². The first-order valence-corrected chi connectivity index (χ1v) is 4.17. The van der Waals surface area contributed by atoms with Crippen molar-refractivity contribution in [2.75, 3.05) is 7.11 Å². The molecular formula is C9H7NO5. The summed E-state index contributed by atoms with van der Waals surface area (Å²) in [6.07, 6.45) is -0.966. The van der Waals surface area contributed by atoms with Crippen LogP contribution in [0.25, 0.3) is 0 Å². The van der Waals surface area contributed by atoms with Gasteiger partial charge in [-0.1, -0.05) is 6.07 Å². The SMILES string of the molecule is COC(=O)C1Oc2cccc([N+](=O)[O-])c21. The maximum absolute atomic E-state index is 11.2. The van der Waals surface area contributed by atoms with E-state index in [-0.39, 0.29) is 11.3 Å². The molecule has 0 bridgehead atoms. The zero-order valence-corrected chi connectivity index (χ0v) is 7.80. The van der Waals surface area contributed by atoms with Gasteiger partial charge in [0.1, 0.15) is 11.3 Å². The molecule has 0 saturated carbocycles. The van der Waals surface area contributed by atoms with Crippen molar-refractivity contribution in [2.45, 2.75) is 6.10 Å². The zero-order valence-electron chi connectivity index (χ0n) is 7.80. The maximum Gasteiger partial charge on any atom is 0.352 e. The van der Waals surface area contributed by atoms with E-state index >= 15 is 0 Å². The third kappa shape index (κ3) is 1.30. The highest BCUT2D eigenvalue weighted by molar-refractivity contribution is 5.82. The summed E-state index contributed by atoms with van der Waals surface area (Å²) in [7, 11) is 1.21. The molecule has 1 aromatic carbocycles. The number of rotatable bonds is 2. The molecule has 1 aromatic rings. The van der Waals surface area contributed by atoms with Gasteiger partial charge in [-0.25, -0.2) is 4.79 Å². The van der Waals surface area contributed by atoms with E-state index < -0.39 is 17.0 Å². The highest BCUT2D eigenvalue weighted by Gasteiger charge is 2.41. The number of fused-ring (bicyclic) bond motifs is 1. The molecule has 2 rings (SSSR count). The summed E-state index contributed by atoms with van der Waals surface area (Å²) in [6.45, 7) is 0. The number of hydrogen-bond acceptors (Lipinski definition) is 5. The lowest BCUT2D eigenvalue weighted by Crippen LogP contribution is -2.29. The molecule has 1 heterocycles. The first kappa shape index (κ1) is 9.45. The minimum atomic E-state index is -0.966. The van der Waals surface area contributed by atoms with Gasteiger partial charge in [0.05, 0.1) is 12.0 Å². The number of ether oxygens (including phenoxy) is 2. The van der Waals surface area contributed by atoms with Crippen LogP contribution < -0.4 is 4.74 Å². The Morgan fingerprint density at radius 3 is 2.93 bits per heavy atom. The topological polar surface area (TPSA) is 78.7 Å². The Balaban J connectivity index is 2.43. The Morgan fingerprint density at radius 1 is 1.60 bits per heavy atom. The van der Waals surface area contributed by atoms with Gasteiger partial charge in [-0.05, 0) is 6.07 Å². The summed E-state index contributed by atoms with van der Waals surface area (Å²) in [5, 5.41) is 10.7. The van der Waals surface area contributed by atoms with Crippen LogP contribution in [0, 0.1) is 10.1 Å². The molecule has 15 heavy (non-hydrogen) atoms. The summed E-state index contributed by atoms with van der Waals surface area (Å²) in [6, 6.07) is 4.41. The summed E-state index contributed by atoms with van der Waals surface area (Å²) >= 11 is 0. The summed E-state index contributed by atoms with van der Waals surface area (Å²) < 4.78 is 9.51. The van der Waals surface area contributed by atoms with Crippen molar-refractivity contribution in [3.8, 4) is 5.75 Å². The second-order valence-electron chi connectivity index (χ2n) is 2.97. The van der Waals surface area contributed by atoms with Crippen LogP contribution in [-0.2, 0) is 9.53 Å². The predicted octanol–water partition coefficient (Wildman–Crippen LogP) is 1.20. The van der Waals surface area contributed by atoms with Crippen LogP contribution in [0.3, 0.4) is 0 Å². The molecule has 1 aliphatic heterocycles. The molecule has 0 aliphatic carbocycles. The number of esters is 1. The van der Waals surface area contributed by atoms with Crippen molar-refractivity contribution >= 4 is 11.7 Å². The van der Waals surface area contributed by atoms with Crippen LogP contribution in [0.2, 0.25) is 0 Å². The molecule has 1 atom stereocenters. The quantitative estimate of drug-likeness (QED) is 0.415. The average Bonchev–Trinajstić information content (AvgIpc) is 2.18. The lowest BCUT2D eigenvalue weighted by atomic mass is 10.0. The normalized spacial score (nSPS) is 17.0. The summed E-state index contributed by atoms with van der Waals surface area (Å²) in [4.78, 5) is 21.3. The van der Waals surface area contributed by atoms with Crippen LogP contribution in [-0.4, -0.2) is 18.0 Å². The number of hydrogen-bond donors (Lipinski definition) is 0. The molecule has 1 unspecified atom stereocenters. The number of methoxy groups -OCH3 is 1. The van der Waals surface area contributed by atoms with Crippen LogP contribution >= 0.6 is 0 Å². The molecule has 0 saturated heterocycles. The van der Waals surface area contributed by atoms with E-state index in [0.29, 0.717) is 5.75 Å². The molecule has 0 spiro atoms. The lowest BCUT2D eigenvalue weighted by molar-refractivity contribution is -0.386. The first-order chi connectivity index (χ1) is 7.15. The van der Waals surface area contributed by atoms with Gasteiger partial charge in [0.15, 0.2) is 0 Å². The van der Waals surface area contributed by atoms with Gasteiger partial charge in [0, 0.05) is 6.07 Å². The minimum absolute atomic E-state index is 0.117. The monoisotopic (exact) mass is 209 g/mol. The van der Waals surface area contributed by atoms with Gasteiger partial charge >= 0.3 is 5.97 Å². The predicted molar refractivity (Wildman–Crippen MR) is 48.5 cm³/mol. The second kappa shape index (κ2) is 3.23. The fourth-order valence-electron chi connectivity index (χ4n) is 1.46. The standard InChI is InChI=1S/C9H7NO5/c1-14-9(11)8-7-5(10(12)13)3-2-4-6(7)15-8/h2-4,8H,1H3. The van der Waals surface area contributed by atoms with Crippen molar-refractivity contribution in [2.24, 2.45) is 0 Å². The number of nitro groups is 1. The largest absolute Gasteiger partial charge is 0.473 e. The van der Waals surface area contributed by atoms with Crippen LogP contribution in [0.1, 0.15) is 11.7 Å². The average molecular weight is 209 g/mol. The maximum atomic E-state index is 11.2. The van der Waals surface area contributed by atoms with E-state index in [9.17, 15) is 14.9 Å². The summed E-state index contributed by atoms with van der Waals surface area (Å²) in [5.74, 6) is -0.267. The molecule has 0 fully saturated rings. The number of nitrogens with zero attached hydrogens (tertiary/aromatic N) is 1. The van der Waals surface area contributed by atoms with E-state index in [1.165, 1.54) is 19.2 Å². The van der Waals surface area contributed by atoms with Gasteiger partial charge < -0.3 is 9.47 Å². The van der Waals surface area contributed by atoms with E-state index in [1.54, 1.807) is 6.07 Å². The Bertz CT molecular complexity index is 442. The fraction of sp³-hybridized carbons (Fsp3) is 0.222. The van der Waals surface area contributed by atoms with Gasteiger partial charge in [0.25, 0.3) is 5.69 Å². The zero-order chi connectivity index (χ0) is 11.0. The van der Waals surface area contributed by atoms with Crippen molar-refractivity contribution in [1.82, 2.24) is 0 Å². The number of carbonyl (C=O) groups excluding carboxylic acids is 1. The van der Waals surface area contributed by atoms with Gasteiger partial charge in [-0.2, -0.15) is 0 Å². The Morgan fingerprint density at radius 2 is 2.33 bits per heavy atom. The second-order valence-corrected chi connectivity index (χ2v) is 2.97. The van der Waals surface area contributed by atoms with Crippen LogP contribution in [0.4, 0.5) is 5.69 Å². The van der Waals surface area contributed by atoms with E-state index in [4.69, 9.17) is 4.74 Å². The molecule has 0 amide bonds. The minimum Gasteiger partial charge on any atom is -0.473 e. The molecule has 6 nitrogen and oxygen atoms in total. The lowest BCUT2D eigenvalue weighted by Gasteiger charge is -2.27. The van der Waals surface area contributed by atoms with Gasteiger partial charge in [0.2, 0.25) is 6.10 Å². The molecule has 0 aromatic heterocycles. The van der Waals surface area contributed by atoms with Crippen LogP contribution in [0.15, 0.2) is 18.2 Å². The molecule has 78 valence electrons. The third-order valence-corrected chi connectivity index (χ3v) is 2.16. The van der Waals surface area contributed by atoms with Crippen molar-refractivity contribution in [3.05, 3.63) is 33.9 Å². The third-order valence-electron chi connectivity index (χ3n) is 2.16. The van der Waals surface area contributed by atoms with Crippen molar-refractivity contribution in [3.63, 3.8) is 0 Å². The Labute approximate surface area is 84.6 Å². The van der Waals surface area contributed by atoms with Crippen molar-refractivity contribution in [1.29, 1.82) is 0 Å². The van der Waals surface area contributed by atoms with E-state index in [1.807, 2.05) is 0 Å². The highest BCUT2D eigenvalue weighted by atomic mass is 16.6. The molecule has 1 aliphatic rings. The first-order valence-electron chi connectivity index (χ1n) is 4.17. The fourth-order valence-corrected chi connectivity index (χ4v) is 1.46. The van der Waals surface area contributed by atoms with Gasteiger partial charge in [-0.15, -0.1) is 0 Å². The van der Waals surface area contributed by atoms with E-state index in [0.717, 1.165) is 0 Å². The molecule has 0 N–H and O–H groups in total. The van der Waals surface area contributed by atoms with Gasteiger partial charge in [-0.3, -0.25) is 10.1 Å². The molecular weight excluding hydrogens is 202 g/mol. The molecule has 0 radical (unpaired) electrons. The number of carbonyl (C=O) groups is 1. The van der Waals surface area contributed by atoms with E-state index in [2.05, 4.69) is 4.74 Å². The Kier molecular flexibility index (Phi) is 2.03. The number of nitro benzene ring substituents is 1. The van der Waals surface area contributed by atoms with Crippen molar-refractivity contribution < 1.29 is 19.2 Å². The highest BCUT2D eigenvalue weighted by Crippen LogP contribution is 2.45. The molecule has 6 heteroatoms.